The van der Waals surface area contributed by atoms with E-state index in [1.165, 1.54) is 67.9 Å². The minimum atomic E-state index is -4.64. The fourth-order valence-corrected chi connectivity index (χ4v) is 5.67. The number of ether oxygens (including phenoxy) is 2. The van der Waals surface area contributed by atoms with Gasteiger partial charge in [0.05, 0.1) is 9.79 Å². The number of hydrogen-bond acceptors (Lipinski definition) is 9. The molecule has 4 aromatic carbocycles. The van der Waals surface area contributed by atoms with E-state index in [1.807, 2.05) is 36.4 Å². The van der Waals surface area contributed by atoms with Crippen LogP contribution in [0.3, 0.4) is 0 Å². The molecular weight excluding hydrogens is 697 g/mol. The van der Waals surface area contributed by atoms with E-state index in [4.69, 9.17) is 14.0 Å². The number of phenols is 1. The number of aromatic hydroxyl groups is 1. The number of phenolic OH excluding ortho intramolecular Hbond substituents is 1. The molecule has 4 aromatic rings. The zero-order valence-corrected chi connectivity index (χ0v) is 31.7. The number of benzene rings is 4. The molecule has 0 radical (unpaired) electrons. The van der Waals surface area contributed by atoms with E-state index >= 15 is 0 Å². The maximum Gasteiger partial charge on any atom is 2.00 e. The molecule has 2 N–H and O–H groups in total. The van der Waals surface area contributed by atoms with Crippen molar-refractivity contribution in [3.63, 3.8) is 0 Å². The molecule has 0 atom stereocenters. The Bertz CT molecular complexity index is 1680. The second-order valence-corrected chi connectivity index (χ2v) is 14.1. The van der Waals surface area contributed by atoms with Crippen LogP contribution >= 0.6 is 0 Å². The Hall–Kier alpha value is -2.84. The Morgan fingerprint density at radius 2 is 1.06 bits per heavy atom. The van der Waals surface area contributed by atoms with Crippen LogP contribution in [0.2, 0.25) is 0 Å². The number of unbranched alkanes of at least 4 members (excludes halogenated alkanes) is 6. The molecule has 4 rings (SSSR count). The molecule has 10 nitrogen and oxygen atoms in total. The van der Waals surface area contributed by atoms with Crippen LogP contribution in [0.15, 0.2) is 94.7 Å². The van der Waals surface area contributed by atoms with E-state index in [2.05, 4.69) is 13.8 Å². The zero-order chi connectivity index (χ0) is 35.2. The molecular formula is C36H42CaO10S2. The summed E-state index contributed by atoms with van der Waals surface area (Å²) in [6.45, 7) is 4.36. The Morgan fingerprint density at radius 3 is 1.47 bits per heavy atom. The fraction of sp³-hybridized carbons (Fsp3) is 0.333. The van der Waals surface area contributed by atoms with Gasteiger partial charge in [0, 0.05) is 6.07 Å². The van der Waals surface area contributed by atoms with Crippen molar-refractivity contribution >= 4 is 58.0 Å². The predicted molar refractivity (Wildman–Crippen MR) is 186 cm³/mol. The molecule has 13 heteroatoms. The Balaban J connectivity index is 0.000000333. The second-order valence-electron chi connectivity index (χ2n) is 11.3. The molecule has 0 aliphatic heterocycles. The number of aryl methyl sites for hydroxylation is 2. The van der Waals surface area contributed by atoms with Crippen molar-refractivity contribution in [1.29, 1.82) is 0 Å². The minimum absolute atomic E-state index is 0. The van der Waals surface area contributed by atoms with Gasteiger partial charge in [0.2, 0.25) is 0 Å². The van der Waals surface area contributed by atoms with Crippen molar-refractivity contribution in [2.75, 3.05) is 0 Å². The standard InChI is InChI=1S/2C18H22O5S.Ca/c2*1-2-3-4-5-6-14-7-9-15(10-8-14)23-18-12-11-16(13-17(18)19)24(20,21)22;/h2*7-13,19H,2-6H2,1H3,(H,20,21,22);/q;;+2/p-2. The summed E-state index contributed by atoms with van der Waals surface area (Å²) in [5.74, 6) is 0.143. The van der Waals surface area contributed by atoms with Crippen molar-refractivity contribution in [2.24, 2.45) is 0 Å². The van der Waals surface area contributed by atoms with Crippen LogP contribution in [0.5, 0.6) is 34.5 Å². The third-order valence-electron chi connectivity index (χ3n) is 7.37. The Labute approximate surface area is 319 Å². The van der Waals surface area contributed by atoms with Crippen LogP contribution in [0.4, 0.5) is 0 Å². The van der Waals surface area contributed by atoms with Gasteiger partial charge in [-0.3, -0.25) is 4.55 Å². The van der Waals surface area contributed by atoms with Crippen LogP contribution in [0.25, 0.3) is 0 Å². The monoisotopic (exact) mass is 738 g/mol. The molecule has 0 aliphatic carbocycles. The molecule has 0 bridgehead atoms. The first kappa shape index (κ1) is 42.3. The summed E-state index contributed by atoms with van der Waals surface area (Å²) in [6, 6.07) is 21.5. The second kappa shape index (κ2) is 20.7. The van der Waals surface area contributed by atoms with Crippen LogP contribution in [0.1, 0.15) is 76.3 Å². The molecule has 0 saturated heterocycles. The van der Waals surface area contributed by atoms with Gasteiger partial charge in [-0.25, -0.2) is 8.42 Å². The van der Waals surface area contributed by atoms with Gasteiger partial charge in [-0.2, -0.15) is 8.42 Å². The summed E-state index contributed by atoms with van der Waals surface area (Å²) in [5, 5.41) is 21.7. The molecule has 0 saturated carbocycles. The first-order valence-electron chi connectivity index (χ1n) is 15.9. The summed E-state index contributed by atoms with van der Waals surface area (Å²) in [4.78, 5) is -0.933. The van der Waals surface area contributed by atoms with Gasteiger partial charge >= 0.3 is 37.7 Å². The summed E-state index contributed by atoms with van der Waals surface area (Å²) in [7, 11) is -8.99. The third-order valence-corrected chi connectivity index (χ3v) is 9.05. The van der Waals surface area contributed by atoms with Gasteiger partial charge in [0.15, 0.2) is 11.5 Å². The van der Waals surface area contributed by atoms with E-state index in [0.717, 1.165) is 43.9 Å². The quantitative estimate of drug-likeness (QED) is 0.0657. The average molecular weight is 739 g/mol. The molecule has 260 valence electrons. The van der Waals surface area contributed by atoms with Gasteiger partial charge in [-0.1, -0.05) is 82.4 Å². The first-order chi connectivity index (χ1) is 22.8. The van der Waals surface area contributed by atoms with Crippen LogP contribution in [-0.2, 0) is 33.1 Å². The number of rotatable bonds is 16. The first-order valence-corrected chi connectivity index (χ1v) is 18.8. The normalized spacial score (nSPS) is 11.2. The van der Waals surface area contributed by atoms with Gasteiger partial charge < -0.3 is 24.2 Å². The molecule has 0 heterocycles. The maximum absolute atomic E-state index is 11.8. The van der Waals surface area contributed by atoms with Gasteiger partial charge in [-0.05, 0) is 91.4 Å². The van der Waals surface area contributed by atoms with Gasteiger partial charge in [0.1, 0.15) is 27.4 Å². The SMILES string of the molecule is CCCCCCc1ccc(Oc2ccc(S(=O)(=O)O)cc2O)cc1.CCCCCCc1ccc(Oc2ccc(S(=O)(=O)[O-])cc2[O-])cc1.[Ca+2]. The van der Waals surface area contributed by atoms with Crippen LogP contribution < -0.4 is 14.6 Å². The maximum atomic E-state index is 11.8. The molecule has 0 aromatic heterocycles. The largest absolute Gasteiger partial charge is 2.00 e. The Kier molecular flexibility index (Phi) is 17.9. The van der Waals surface area contributed by atoms with E-state index < -0.39 is 30.9 Å². The third kappa shape index (κ3) is 14.9. The van der Waals surface area contributed by atoms with Crippen molar-refractivity contribution in [3.8, 4) is 34.5 Å². The van der Waals surface area contributed by atoms with Crippen molar-refractivity contribution < 1.29 is 45.6 Å². The van der Waals surface area contributed by atoms with Gasteiger partial charge in [-0.15, -0.1) is 0 Å². The topological polar surface area (TPSA) is 173 Å². The summed E-state index contributed by atoms with van der Waals surface area (Å²) < 4.78 is 74.7. The molecule has 49 heavy (non-hydrogen) atoms. The van der Waals surface area contributed by atoms with Crippen LogP contribution in [-0.4, -0.2) is 68.8 Å². The predicted octanol–water partition coefficient (Wildman–Crippen LogP) is 7.75. The fourth-order valence-electron chi connectivity index (χ4n) is 4.69. The molecule has 0 spiro atoms. The summed E-state index contributed by atoms with van der Waals surface area (Å²) in [5.41, 5.74) is 2.43. The molecule has 0 amide bonds. The molecule has 0 fully saturated rings. The van der Waals surface area contributed by atoms with Gasteiger partial charge in [0.25, 0.3) is 10.1 Å². The van der Waals surface area contributed by atoms with Crippen molar-refractivity contribution in [1.82, 2.24) is 0 Å². The summed E-state index contributed by atoms with van der Waals surface area (Å²) >= 11 is 0. The smallest absolute Gasteiger partial charge is 0.870 e. The van der Waals surface area contributed by atoms with E-state index in [1.54, 1.807) is 12.1 Å². The van der Waals surface area contributed by atoms with Crippen LogP contribution in [0, 0.1) is 0 Å². The summed E-state index contributed by atoms with van der Waals surface area (Å²) in [6.07, 6.45) is 11.7. The van der Waals surface area contributed by atoms with E-state index in [-0.39, 0.29) is 59.9 Å². The minimum Gasteiger partial charge on any atom is -0.870 e. The van der Waals surface area contributed by atoms with E-state index in [9.17, 15) is 31.6 Å². The average Bonchev–Trinajstić information content (AvgIpc) is 3.04. The van der Waals surface area contributed by atoms with Crippen molar-refractivity contribution in [2.45, 2.75) is 87.8 Å². The molecule has 0 aliphatic rings. The zero-order valence-electron chi connectivity index (χ0n) is 27.8. The molecule has 0 unspecified atom stereocenters. The van der Waals surface area contributed by atoms with Crippen molar-refractivity contribution in [3.05, 3.63) is 96.1 Å². The Morgan fingerprint density at radius 1 is 0.612 bits per heavy atom. The number of hydrogen-bond donors (Lipinski definition) is 2. The van der Waals surface area contributed by atoms with E-state index in [0.29, 0.717) is 11.5 Å².